The average molecular weight is 371 g/mol. The summed E-state index contributed by atoms with van der Waals surface area (Å²) in [6.45, 7) is 0.930. The Morgan fingerprint density at radius 3 is 2.91 bits per heavy atom. The third kappa shape index (κ3) is 4.19. The second-order valence-electron chi connectivity index (χ2n) is 5.33. The SMILES string of the molecule is O=C(CSc1nnc2n1CCCCC2)Nc1ccc(Cl)c(Cl)c1. The zero-order valence-corrected chi connectivity index (χ0v) is 14.7. The maximum absolute atomic E-state index is 12.1. The van der Waals surface area contributed by atoms with Crippen LogP contribution in [0.5, 0.6) is 0 Å². The van der Waals surface area contributed by atoms with Crippen LogP contribution < -0.4 is 5.32 Å². The second-order valence-corrected chi connectivity index (χ2v) is 7.08. The predicted molar refractivity (Wildman–Crippen MR) is 93.4 cm³/mol. The van der Waals surface area contributed by atoms with E-state index in [0.717, 1.165) is 36.8 Å². The molecule has 0 fully saturated rings. The first-order valence-corrected chi connectivity index (χ1v) is 9.17. The lowest BCUT2D eigenvalue weighted by Crippen LogP contribution is -2.14. The molecule has 0 saturated carbocycles. The molecule has 1 aliphatic rings. The number of carbonyl (C=O) groups is 1. The van der Waals surface area contributed by atoms with Gasteiger partial charge in [-0.25, -0.2) is 0 Å². The second kappa shape index (κ2) is 7.55. The standard InChI is InChI=1S/C15H16Cl2N4OS/c16-11-6-5-10(8-12(11)17)18-14(22)9-23-15-20-19-13-4-2-1-3-7-21(13)15/h5-6,8H,1-4,7,9H2,(H,18,22). The molecule has 0 saturated heterocycles. The van der Waals surface area contributed by atoms with Gasteiger partial charge in [0.1, 0.15) is 5.82 Å². The molecule has 1 N–H and O–H groups in total. The molecule has 1 aliphatic heterocycles. The lowest BCUT2D eigenvalue weighted by molar-refractivity contribution is -0.113. The minimum Gasteiger partial charge on any atom is -0.325 e. The van der Waals surface area contributed by atoms with Gasteiger partial charge in [-0.2, -0.15) is 0 Å². The molecule has 5 nitrogen and oxygen atoms in total. The van der Waals surface area contributed by atoms with Gasteiger partial charge >= 0.3 is 0 Å². The molecule has 2 aromatic rings. The van der Waals surface area contributed by atoms with Crippen LogP contribution in [0.2, 0.25) is 10.0 Å². The monoisotopic (exact) mass is 370 g/mol. The molecule has 0 aliphatic carbocycles. The van der Waals surface area contributed by atoms with Crippen LogP contribution in [0.15, 0.2) is 23.4 Å². The van der Waals surface area contributed by atoms with E-state index in [1.165, 1.54) is 18.2 Å². The van der Waals surface area contributed by atoms with Crippen LogP contribution in [0.3, 0.4) is 0 Å². The number of benzene rings is 1. The minimum atomic E-state index is -0.112. The number of amides is 1. The van der Waals surface area contributed by atoms with Crippen molar-refractivity contribution in [1.82, 2.24) is 14.8 Å². The van der Waals surface area contributed by atoms with Crippen molar-refractivity contribution < 1.29 is 4.79 Å². The Bertz CT molecular complexity index is 719. The summed E-state index contributed by atoms with van der Waals surface area (Å²) < 4.78 is 2.13. The van der Waals surface area contributed by atoms with E-state index in [2.05, 4.69) is 20.1 Å². The van der Waals surface area contributed by atoms with Crippen LogP contribution in [0, 0.1) is 0 Å². The zero-order valence-electron chi connectivity index (χ0n) is 12.4. The quantitative estimate of drug-likeness (QED) is 0.824. The van der Waals surface area contributed by atoms with Crippen LogP contribution in [0.1, 0.15) is 25.1 Å². The largest absolute Gasteiger partial charge is 0.325 e. The summed E-state index contributed by atoms with van der Waals surface area (Å²) in [7, 11) is 0. The minimum absolute atomic E-state index is 0.112. The molecule has 3 rings (SSSR count). The molecule has 8 heteroatoms. The summed E-state index contributed by atoms with van der Waals surface area (Å²) in [6, 6.07) is 5.01. The summed E-state index contributed by atoms with van der Waals surface area (Å²) in [5.74, 6) is 1.19. The smallest absolute Gasteiger partial charge is 0.234 e. The van der Waals surface area contributed by atoms with E-state index in [1.54, 1.807) is 18.2 Å². The summed E-state index contributed by atoms with van der Waals surface area (Å²) in [4.78, 5) is 12.1. The number of thioether (sulfide) groups is 1. The van der Waals surface area contributed by atoms with Crippen molar-refractivity contribution in [2.75, 3.05) is 11.1 Å². The first kappa shape index (κ1) is 16.6. The van der Waals surface area contributed by atoms with Crippen molar-refractivity contribution >= 4 is 46.6 Å². The molecule has 0 atom stereocenters. The average Bonchev–Trinajstić information content (AvgIpc) is 2.76. The maximum atomic E-state index is 12.1. The maximum Gasteiger partial charge on any atom is 0.234 e. The van der Waals surface area contributed by atoms with E-state index in [4.69, 9.17) is 23.2 Å². The number of hydrogen-bond acceptors (Lipinski definition) is 4. The molecular formula is C15H16Cl2N4OS. The molecule has 0 bridgehead atoms. The molecule has 0 radical (unpaired) electrons. The molecule has 1 aromatic carbocycles. The van der Waals surface area contributed by atoms with E-state index in [9.17, 15) is 4.79 Å². The van der Waals surface area contributed by atoms with Gasteiger partial charge in [0.15, 0.2) is 5.16 Å². The topological polar surface area (TPSA) is 59.8 Å². The first-order valence-electron chi connectivity index (χ1n) is 7.43. The Balaban J connectivity index is 1.59. The van der Waals surface area contributed by atoms with Crippen LogP contribution in [-0.2, 0) is 17.8 Å². The number of aromatic nitrogens is 3. The molecule has 0 spiro atoms. The lowest BCUT2D eigenvalue weighted by Gasteiger charge is -2.08. The fraction of sp³-hybridized carbons (Fsp3) is 0.400. The van der Waals surface area contributed by atoms with E-state index in [1.807, 2.05) is 0 Å². The summed E-state index contributed by atoms with van der Waals surface area (Å²) in [5.41, 5.74) is 0.630. The van der Waals surface area contributed by atoms with Gasteiger partial charge in [0.2, 0.25) is 5.91 Å². The number of fused-ring (bicyclic) bond motifs is 1. The molecular weight excluding hydrogens is 355 g/mol. The van der Waals surface area contributed by atoms with Gasteiger partial charge < -0.3 is 9.88 Å². The third-order valence-electron chi connectivity index (χ3n) is 3.61. The summed E-state index contributed by atoms with van der Waals surface area (Å²) in [6.07, 6.45) is 4.46. The number of nitrogens with zero attached hydrogens (tertiary/aromatic N) is 3. The van der Waals surface area contributed by atoms with Gasteiger partial charge in [-0.3, -0.25) is 4.79 Å². The molecule has 23 heavy (non-hydrogen) atoms. The molecule has 0 unspecified atom stereocenters. The summed E-state index contributed by atoms with van der Waals surface area (Å²) >= 11 is 13.2. The molecule has 1 amide bonds. The van der Waals surface area contributed by atoms with Crippen molar-refractivity contribution in [3.63, 3.8) is 0 Å². The molecule has 2 heterocycles. The van der Waals surface area contributed by atoms with Crippen LogP contribution >= 0.6 is 35.0 Å². The van der Waals surface area contributed by atoms with Crippen molar-refractivity contribution in [2.24, 2.45) is 0 Å². The Morgan fingerprint density at radius 2 is 2.09 bits per heavy atom. The normalized spacial score (nSPS) is 14.2. The molecule has 122 valence electrons. The number of anilines is 1. The van der Waals surface area contributed by atoms with Crippen molar-refractivity contribution in [2.45, 2.75) is 37.4 Å². The highest BCUT2D eigenvalue weighted by Crippen LogP contribution is 2.26. The van der Waals surface area contributed by atoms with Gasteiger partial charge in [-0.05, 0) is 31.0 Å². The number of aryl methyl sites for hydroxylation is 1. The fourth-order valence-electron chi connectivity index (χ4n) is 2.47. The van der Waals surface area contributed by atoms with E-state index >= 15 is 0 Å². The highest BCUT2D eigenvalue weighted by atomic mass is 35.5. The third-order valence-corrected chi connectivity index (χ3v) is 5.32. The zero-order chi connectivity index (χ0) is 16.2. The lowest BCUT2D eigenvalue weighted by atomic mass is 10.2. The fourth-order valence-corrected chi connectivity index (χ4v) is 3.55. The summed E-state index contributed by atoms with van der Waals surface area (Å²) in [5, 5.41) is 12.9. The molecule has 1 aromatic heterocycles. The van der Waals surface area contributed by atoms with Gasteiger partial charge in [0, 0.05) is 18.7 Å². The Kier molecular flexibility index (Phi) is 5.46. The number of carbonyl (C=O) groups excluding carboxylic acids is 1. The highest BCUT2D eigenvalue weighted by Gasteiger charge is 2.16. The van der Waals surface area contributed by atoms with E-state index < -0.39 is 0 Å². The first-order chi connectivity index (χ1) is 11.1. The van der Waals surface area contributed by atoms with Crippen molar-refractivity contribution in [3.8, 4) is 0 Å². The highest BCUT2D eigenvalue weighted by molar-refractivity contribution is 7.99. The van der Waals surface area contributed by atoms with Crippen LogP contribution in [0.25, 0.3) is 0 Å². The van der Waals surface area contributed by atoms with E-state index in [-0.39, 0.29) is 11.7 Å². The van der Waals surface area contributed by atoms with Gasteiger partial charge in [0.25, 0.3) is 0 Å². The number of hydrogen-bond donors (Lipinski definition) is 1. The number of halogens is 2. The van der Waals surface area contributed by atoms with Gasteiger partial charge in [0.05, 0.1) is 15.8 Å². The Hall–Kier alpha value is -1.24. The van der Waals surface area contributed by atoms with E-state index in [0.29, 0.717) is 15.7 Å². The Labute approximate surface area is 148 Å². The van der Waals surface area contributed by atoms with Gasteiger partial charge in [-0.15, -0.1) is 10.2 Å². The number of nitrogens with one attached hydrogen (secondary N) is 1. The van der Waals surface area contributed by atoms with Crippen LogP contribution in [0.4, 0.5) is 5.69 Å². The van der Waals surface area contributed by atoms with Crippen molar-refractivity contribution in [3.05, 3.63) is 34.1 Å². The Morgan fingerprint density at radius 1 is 1.22 bits per heavy atom. The van der Waals surface area contributed by atoms with Crippen LogP contribution in [-0.4, -0.2) is 26.4 Å². The number of rotatable bonds is 4. The van der Waals surface area contributed by atoms with Crippen molar-refractivity contribution in [1.29, 1.82) is 0 Å². The van der Waals surface area contributed by atoms with Gasteiger partial charge in [-0.1, -0.05) is 41.4 Å². The predicted octanol–water partition coefficient (Wildman–Crippen LogP) is 4.04.